The van der Waals surface area contributed by atoms with E-state index in [-0.39, 0.29) is 30.7 Å². The highest BCUT2D eigenvalue weighted by atomic mass is 35.5. The lowest BCUT2D eigenvalue weighted by molar-refractivity contribution is 0.415. The van der Waals surface area contributed by atoms with Crippen LogP contribution in [0.4, 0.5) is 5.69 Å². The molecule has 0 bridgehead atoms. The van der Waals surface area contributed by atoms with Crippen LogP contribution < -0.4 is 9.46 Å². The minimum absolute atomic E-state index is 0.0403. The quantitative estimate of drug-likeness (QED) is 0.725. The molecule has 4 nitrogen and oxygen atoms in total. The number of benzene rings is 2. The minimum atomic E-state index is -3.94. The van der Waals surface area contributed by atoms with Gasteiger partial charge in [0.15, 0.2) is 0 Å². The molecule has 0 atom stereocenters. The molecule has 0 fully saturated rings. The van der Waals surface area contributed by atoms with Gasteiger partial charge in [-0.15, -0.1) is 0 Å². The SMILES string of the molecule is COc1ccc(NS(=O)(=O)c2cc(Cl)c(Cl)cc2Cl)cc1Cl. The first-order valence-corrected chi connectivity index (χ1v) is 8.75. The van der Waals surface area contributed by atoms with Crippen molar-refractivity contribution in [1.82, 2.24) is 0 Å². The second kappa shape index (κ2) is 6.72. The third kappa shape index (κ3) is 3.73. The van der Waals surface area contributed by atoms with Crippen LogP contribution in [0.2, 0.25) is 20.1 Å². The molecule has 0 radical (unpaired) electrons. The second-order valence-electron chi connectivity index (χ2n) is 4.15. The summed E-state index contributed by atoms with van der Waals surface area (Å²) >= 11 is 23.5. The largest absolute Gasteiger partial charge is 0.495 e. The van der Waals surface area contributed by atoms with E-state index >= 15 is 0 Å². The number of ether oxygens (including phenoxy) is 1. The summed E-state index contributed by atoms with van der Waals surface area (Å²) in [6.45, 7) is 0. The van der Waals surface area contributed by atoms with Crippen LogP contribution in [0.5, 0.6) is 5.75 Å². The lowest BCUT2D eigenvalue weighted by atomic mass is 10.3. The molecule has 1 N–H and O–H groups in total. The molecule has 2 rings (SSSR count). The van der Waals surface area contributed by atoms with Crippen molar-refractivity contribution in [1.29, 1.82) is 0 Å². The van der Waals surface area contributed by atoms with Gasteiger partial charge in [0.1, 0.15) is 10.6 Å². The van der Waals surface area contributed by atoms with Crippen molar-refractivity contribution in [2.24, 2.45) is 0 Å². The van der Waals surface area contributed by atoms with Crippen LogP contribution in [-0.4, -0.2) is 15.5 Å². The van der Waals surface area contributed by atoms with Gasteiger partial charge in [0, 0.05) is 0 Å². The van der Waals surface area contributed by atoms with E-state index in [0.29, 0.717) is 5.75 Å². The van der Waals surface area contributed by atoms with E-state index in [4.69, 9.17) is 51.1 Å². The van der Waals surface area contributed by atoms with Crippen molar-refractivity contribution in [2.75, 3.05) is 11.8 Å². The van der Waals surface area contributed by atoms with Crippen LogP contribution in [-0.2, 0) is 10.0 Å². The van der Waals surface area contributed by atoms with Crippen molar-refractivity contribution < 1.29 is 13.2 Å². The van der Waals surface area contributed by atoms with Gasteiger partial charge < -0.3 is 4.74 Å². The number of rotatable bonds is 4. The van der Waals surface area contributed by atoms with Crippen molar-refractivity contribution in [3.05, 3.63) is 50.4 Å². The highest BCUT2D eigenvalue weighted by molar-refractivity contribution is 7.92. The van der Waals surface area contributed by atoms with Crippen LogP contribution in [0.25, 0.3) is 0 Å². The van der Waals surface area contributed by atoms with Gasteiger partial charge in [-0.05, 0) is 30.3 Å². The van der Waals surface area contributed by atoms with Gasteiger partial charge in [-0.1, -0.05) is 46.4 Å². The molecule has 22 heavy (non-hydrogen) atoms. The standard InChI is InChI=1S/C13H9Cl4NO3S/c1-21-12-3-2-7(4-10(12)16)18-22(19,20)13-6-9(15)8(14)5-11(13)17/h2-6,18H,1H3. The normalized spacial score (nSPS) is 11.3. The molecule has 0 spiro atoms. The van der Waals surface area contributed by atoms with E-state index in [0.717, 1.165) is 0 Å². The Bertz CT molecular complexity index is 824. The Balaban J connectivity index is 2.40. The van der Waals surface area contributed by atoms with Crippen LogP contribution in [0.3, 0.4) is 0 Å². The summed E-state index contributed by atoms with van der Waals surface area (Å²) in [5, 5.41) is 0.474. The molecule has 2 aromatic rings. The van der Waals surface area contributed by atoms with Gasteiger partial charge in [0.05, 0.1) is 32.9 Å². The van der Waals surface area contributed by atoms with Crippen molar-refractivity contribution >= 4 is 62.1 Å². The molecule has 0 aliphatic rings. The summed E-state index contributed by atoms with van der Waals surface area (Å²) in [5.41, 5.74) is 0.257. The topological polar surface area (TPSA) is 55.4 Å². The molecular formula is C13H9Cl4NO3S. The lowest BCUT2D eigenvalue weighted by Gasteiger charge is -2.11. The molecule has 0 unspecified atom stereocenters. The average molecular weight is 401 g/mol. The summed E-state index contributed by atoms with van der Waals surface area (Å²) in [6, 6.07) is 6.91. The van der Waals surface area contributed by atoms with Gasteiger partial charge in [0.25, 0.3) is 10.0 Å². The van der Waals surface area contributed by atoms with Gasteiger partial charge in [-0.3, -0.25) is 4.72 Å². The van der Waals surface area contributed by atoms with Crippen molar-refractivity contribution in [2.45, 2.75) is 4.90 Å². The number of sulfonamides is 1. The number of hydrogen-bond acceptors (Lipinski definition) is 3. The summed E-state index contributed by atoms with van der Waals surface area (Å²) in [4.78, 5) is -0.185. The Kier molecular flexibility index (Phi) is 5.35. The fourth-order valence-corrected chi connectivity index (χ4v) is 3.96. The molecule has 0 aliphatic carbocycles. The van der Waals surface area contributed by atoms with E-state index in [9.17, 15) is 8.42 Å². The van der Waals surface area contributed by atoms with E-state index in [2.05, 4.69) is 4.72 Å². The summed E-state index contributed by atoms with van der Waals surface area (Å²) in [7, 11) is -2.49. The highest BCUT2D eigenvalue weighted by Gasteiger charge is 2.20. The highest BCUT2D eigenvalue weighted by Crippen LogP contribution is 2.33. The molecule has 0 amide bonds. The second-order valence-corrected chi connectivity index (χ2v) is 7.43. The molecule has 2 aromatic carbocycles. The van der Waals surface area contributed by atoms with Crippen LogP contribution in [0, 0.1) is 0 Å². The molecule has 0 saturated carbocycles. The number of halogens is 4. The number of hydrogen-bond donors (Lipinski definition) is 1. The maximum atomic E-state index is 12.4. The number of anilines is 1. The Morgan fingerprint density at radius 2 is 1.55 bits per heavy atom. The fraction of sp³-hybridized carbons (Fsp3) is 0.0769. The monoisotopic (exact) mass is 399 g/mol. The third-order valence-electron chi connectivity index (χ3n) is 2.67. The fourth-order valence-electron chi connectivity index (χ4n) is 1.65. The summed E-state index contributed by atoms with van der Waals surface area (Å²) in [6.07, 6.45) is 0. The van der Waals surface area contributed by atoms with Gasteiger partial charge >= 0.3 is 0 Å². The predicted octanol–water partition coefficient (Wildman–Crippen LogP) is 5.11. The lowest BCUT2D eigenvalue weighted by Crippen LogP contribution is -2.13. The van der Waals surface area contributed by atoms with Crippen molar-refractivity contribution in [3.8, 4) is 5.75 Å². The van der Waals surface area contributed by atoms with Crippen LogP contribution >= 0.6 is 46.4 Å². The van der Waals surface area contributed by atoms with Gasteiger partial charge in [0.2, 0.25) is 0 Å². The molecule has 0 saturated heterocycles. The summed E-state index contributed by atoms with van der Waals surface area (Å²) in [5.74, 6) is 0.428. The van der Waals surface area contributed by atoms with E-state index in [1.165, 1.54) is 37.4 Å². The Morgan fingerprint density at radius 1 is 0.909 bits per heavy atom. The maximum absolute atomic E-state index is 12.4. The minimum Gasteiger partial charge on any atom is -0.495 e. The van der Waals surface area contributed by atoms with Crippen LogP contribution in [0.1, 0.15) is 0 Å². The van der Waals surface area contributed by atoms with Crippen molar-refractivity contribution in [3.63, 3.8) is 0 Å². The predicted molar refractivity (Wildman–Crippen MR) is 90.3 cm³/mol. The molecule has 0 aliphatic heterocycles. The Hall–Kier alpha value is -0.850. The first-order chi connectivity index (χ1) is 10.2. The Morgan fingerprint density at radius 3 is 2.14 bits per heavy atom. The number of nitrogens with one attached hydrogen (secondary N) is 1. The molecule has 0 aromatic heterocycles. The van der Waals surface area contributed by atoms with Gasteiger partial charge in [-0.2, -0.15) is 0 Å². The Labute approximate surface area is 147 Å². The van der Waals surface area contributed by atoms with Gasteiger partial charge in [-0.25, -0.2) is 8.42 Å². The van der Waals surface area contributed by atoms with Crippen LogP contribution in [0.15, 0.2) is 35.2 Å². The first-order valence-electron chi connectivity index (χ1n) is 5.75. The van der Waals surface area contributed by atoms with E-state index < -0.39 is 10.0 Å². The molecule has 9 heteroatoms. The average Bonchev–Trinajstić information content (AvgIpc) is 2.42. The first kappa shape index (κ1) is 17.5. The van der Waals surface area contributed by atoms with E-state index in [1.807, 2.05) is 0 Å². The third-order valence-corrected chi connectivity index (χ3v) is 5.53. The number of methoxy groups -OCH3 is 1. The smallest absolute Gasteiger partial charge is 0.263 e. The molecule has 0 heterocycles. The summed E-state index contributed by atoms with van der Waals surface area (Å²) < 4.78 is 32.1. The molecular weight excluding hydrogens is 392 g/mol. The maximum Gasteiger partial charge on any atom is 0.263 e. The zero-order valence-electron chi connectivity index (χ0n) is 11.0. The zero-order valence-corrected chi connectivity index (χ0v) is 14.9. The zero-order chi connectivity index (χ0) is 16.5. The molecule has 118 valence electrons. The van der Waals surface area contributed by atoms with E-state index in [1.54, 1.807) is 0 Å².